The number of nitrogens with zero attached hydrogens (tertiary/aromatic N) is 2. The molecule has 1 aliphatic heterocycles. The van der Waals surface area contributed by atoms with Gasteiger partial charge in [0.25, 0.3) is 10.1 Å². The van der Waals surface area contributed by atoms with Gasteiger partial charge in [0.15, 0.2) is 0 Å². The summed E-state index contributed by atoms with van der Waals surface area (Å²) >= 11 is 0. The Morgan fingerprint density at radius 2 is 1.89 bits per heavy atom. The lowest BCUT2D eigenvalue weighted by molar-refractivity contribution is 0.140. The van der Waals surface area contributed by atoms with Crippen LogP contribution in [0.25, 0.3) is 0 Å². The van der Waals surface area contributed by atoms with Crippen molar-refractivity contribution in [1.82, 2.24) is 9.80 Å². The summed E-state index contributed by atoms with van der Waals surface area (Å²) in [6, 6.07) is 6.67. The molecule has 0 bridgehead atoms. The Morgan fingerprint density at radius 3 is 2.44 bits per heavy atom. The third-order valence-electron chi connectivity index (χ3n) is 2.94. The fourth-order valence-electron chi connectivity index (χ4n) is 1.82. The summed E-state index contributed by atoms with van der Waals surface area (Å²) in [7, 11) is -1.65. The number of rotatable bonds is 4. The predicted molar refractivity (Wildman–Crippen MR) is 68.5 cm³/mol. The van der Waals surface area contributed by atoms with Crippen LogP contribution in [0.4, 0.5) is 0 Å². The molecule has 0 spiro atoms. The first kappa shape index (κ1) is 13.5. The van der Waals surface area contributed by atoms with E-state index in [1.165, 1.54) is 0 Å². The molecule has 0 saturated carbocycles. The topological polar surface area (TPSA) is 49.9 Å². The van der Waals surface area contributed by atoms with Crippen LogP contribution in [0.2, 0.25) is 0 Å². The van der Waals surface area contributed by atoms with Gasteiger partial charge in [-0.3, -0.25) is 14.0 Å². The molecule has 0 aliphatic carbocycles. The Morgan fingerprint density at radius 1 is 1.22 bits per heavy atom. The summed E-state index contributed by atoms with van der Waals surface area (Å²) in [4.78, 5) is 4.27. The number of aryl methyl sites for hydroxylation is 1. The zero-order valence-electron chi connectivity index (χ0n) is 10.7. The van der Waals surface area contributed by atoms with Gasteiger partial charge in [-0.05, 0) is 26.1 Å². The Hall–Kier alpha value is -0.950. The Bertz CT molecular complexity index is 499. The molecule has 6 heteroatoms. The summed E-state index contributed by atoms with van der Waals surface area (Å²) in [5.74, 6) is 0. The molecule has 0 radical (unpaired) electrons. The standard InChI is InChI=1S/C12H18N2O3S/c1-11-3-5-12(6-4-11)18(15,16)17-10-14-8-7-13(2)9-14/h3-6H,7-10H2,1-2H3. The summed E-state index contributed by atoms with van der Waals surface area (Å²) < 4.78 is 28.9. The Balaban J connectivity index is 1.97. The van der Waals surface area contributed by atoms with Gasteiger partial charge in [0.1, 0.15) is 6.73 Å². The van der Waals surface area contributed by atoms with Crippen molar-refractivity contribution in [1.29, 1.82) is 0 Å². The molecule has 0 aromatic heterocycles. The van der Waals surface area contributed by atoms with E-state index in [4.69, 9.17) is 4.18 Å². The third kappa shape index (κ3) is 3.29. The highest BCUT2D eigenvalue weighted by molar-refractivity contribution is 7.86. The van der Waals surface area contributed by atoms with Crippen LogP contribution in [0.5, 0.6) is 0 Å². The molecular weight excluding hydrogens is 252 g/mol. The minimum absolute atomic E-state index is 0.112. The normalized spacial score (nSPS) is 18.3. The number of hydrogen-bond donors (Lipinski definition) is 0. The van der Waals surface area contributed by atoms with Crippen molar-refractivity contribution in [2.75, 3.05) is 33.5 Å². The van der Waals surface area contributed by atoms with E-state index in [1.54, 1.807) is 24.3 Å². The van der Waals surface area contributed by atoms with Crippen LogP contribution in [-0.2, 0) is 14.3 Å². The van der Waals surface area contributed by atoms with E-state index >= 15 is 0 Å². The lowest BCUT2D eigenvalue weighted by Gasteiger charge is -2.15. The first-order chi connectivity index (χ1) is 8.47. The van der Waals surface area contributed by atoms with Crippen molar-refractivity contribution in [3.05, 3.63) is 29.8 Å². The van der Waals surface area contributed by atoms with Crippen molar-refractivity contribution in [3.8, 4) is 0 Å². The monoisotopic (exact) mass is 270 g/mol. The molecule has 1 heterocycles. The third-order valence-corrected chi connectivity index (χ3v) is 4.20. The Labute approximate surface area is 108 Å². The highest BCUT2D eigenvalue weighted by atomic mass is 32.2. The van der Waals surface area contributed by atoms with Crippen LogP contribution >= 0.6 is 0 Å². The van der Waals surface area contributed by atoms with Crippen molar-refractivity contribution >= 4 is 10.1 Å². The maximum atomic E-state index is 11.9. The fourth-order valence-corrected chi connectivity index (χ4v) is 2.71. The predicted octanol–water partition coefficient (Wildman–Crippen LogP) is 0.863. The molecule has 18 heavy (non-hydrogen) atoms. The van der Waals surface area contributed by atoms with Gasteiger partial charge in [0, 0.05) is 13.1 Å². The molecule has 100 valence electrons. The lowest BCUT2D eigenvalue weighted by atomic mass is 10.2. The molecule has 0 N–H and O–H groups in total. The van der Waals surface area contributed by atoms with Gasteiger partial charge in [-0.2, -0.15) is 8.42 Å². The molecule has 1 aromatic rings. The molecule has 1 aliphatic rings. The second kappa shape index (κ2) is 5.36. The minimum atomic E-state index is -3.64. The molecule has 5 nitrogen and oxygen atoms in total. The number of hydrogen-bond acceptors (Lipinski definition) is 5. The Kier molecular flexibility index (Phi) is 4.01. The zero-order valence-corrected chi connectivity index (χ0v) is 11.5. The quantitative estimate of drug-likeness (QED) is 0.760. The molecule has 1 aromatic carbocycles. The van der Waals surface area contributed by atoms with Crippen LogP contribution < -0.4 is 0 Å². The van der Waals surface area contributed by atoms with Crippen molar-refractivity contribution in [2.24, 2.45) is 0 Å². The van der Waals surface area contributed by atoms with Crippen molar-refractivity contribution in [3.63, 3.8) is 0 Å². The van der Waals surface area contributed by atoms with E-state index in [9.17, 15) is 8.42 Å². The van der Waals surface area contributed by atoms with Gasteiger partial charge < -0.3 is 0 Å². The molecule has 1 saturated heterocycles. The van der Waals surface area contributed by atoms with E-state index in [2.05, 4.69) is 4.90 Å². The van der Waals surface area contributed by atoms with E-state index in [-0.39, 0.29) is 11.6 Å². The first-order valence-corrected chi connectivity index (χ1v) is 7.25. The average molecular weight is 270 g/mol. The maximum Gasteiger partial charge on any atom is 0.298 e. The molecule has 0 amide bonds. The minimum Gasteiger partial charge on any atom is -0.292 e. The van der Waals surface area contributed by atoms with Crippen LogP contribution in [0.1, 0.15) is 5.56 Å². The zero-order chi connectivity index (χ0) is 13.2. The lowest BCUT2D eigenvalue weighted by Crippen LogP contribution is -2.27. The highest BCUT2D eigenvalue weighted by Crippen LogP contribution is 2.14. The van der Waals surface area contributed by atoms with Crippen molar-refractivity contribution < 1.29 is 12.6 Å². The van der Waals surface area contributed by atoms with Gasteiger partial charge in [0.2, 0.25) is 0 Å². The molecular formula is C12H18N2O3S. The second-order valence-corrected chi connectivity index (χ2v) is 6.24. The van der Waals surface area contributed by atoms with Crippen LogP contribution in [-0.4, -0.2) is 51.8 Å². The summed E-state index contributed by atoms with van der Waals surface area (Å²) in [6.07, 6.45) is 0. The van der Waals surface area contributed by atoms with E-state index < -0.39 is 10.1 Å². The summed E-state index contributed by atoms with van der Waals surface area (Å²) in [5.41, 5.74) is 1.02. The summed E-state index contributed by atoms with van der Waals surface area (Å²) in [6.45, 7) is 4.54. The largest absolute Gasteiger partial charge is 0.298 e. The van der Waals surface area contributed by atoms with Gasteiger partial charge >= 0.3 is 0 Å². The SMILES string of the molecule is Cc1ccc(S(=O)(=O)OCN2CCN(C)C2)cc1. The van der Waals surface area contributed by atoms with E-state index in [1.807, 2.05) is 18.9 Å². The molecule has 0 atom stereocenters. The van der Waals surface area contributed by atoms with Crippen LogP contribution in [0.15, 0.2) is 29.2 Å². The van der Waals surface area contributed by atoms with Crippen molar-refractivity contribution in [2.45, 2.75) is 11.8 Å². The first-order valence-electron chi connectivity index (χ1n) is 5.84. The van der Waals surface area contributed by atoms with Crippen LogP contribution in [0, 0.1) is 6.92 Å². The number of likely N-dealkylation sites (N-methyl/N-ethyl adjacent to an activating group) is 1. The molecule has 1 fully saturated rings. The second-order valence-electron chi connectivity index (χ2n) is 4.63. The highest BCUT2D eigenvalue weighted by Gasteiger charge is 2.20. The maximum absolute atomic E-state index is 11.9. The van der Waals surface area contributed by atoms with Gasteiger partial charge in [-0.1, -0.05) is 17.7 Å². The fraction of sp³-hybridized carbons (Fsp3) is 0.500. The molecule has 0 unspecified atom stereocenters. The number of benzene rings is 1. The molecule has 2 rings (SSSR count). The van der Waals surface area contributed by atoms with Gasteiger partial charge in [0.05, 0.1) is 11.6 Å². The average Bonchev–Trinajstić information content (AvgIpc) is 2.73. The summed E-state index contributed by atoms with van der Waals surface area (Å²) in [5, 5.41) is 0. The van der Waals surface area contributed by atoms with Gasteiger partial charge in [-0.25, -0.2) is 0 Å². The smallest absolute Gasteiger partial charge is 0.292 e. The van der Waals surface area contributed by atoms with Crippen LogP contribution in [0.3, 0.4) is 0 Å². The van der Waals surface area contributed by atoms with E-state index in [0.29, 0.717) is 0 Å². The van der Waals surface area contributed by atoms with E-state index in [0.717, 1.165) is 25.3 Å². The van der Waals surface area contributed by atoms with Gasteiger partial charge in [-0.15, -0.1) is 0 Å².